The van der Waals surface area contributed by atoms with Gasteiger partial charge in [-0.2, -0.15) is 0 Å². The minimum atomic E-state index is -0.470. The van der Waals surface area contributed by atoms with Crippen LogP contribution in [0.15, 0.2) is 18.2 Å². The molecule has 3 nitrogen and oxygen atoms in total. The van der Waals surface area contributed by atoms with Crippen LogP contribution >= 0.6 is 22.6 Å². The molecule has 0 fully saturated rings. The van der Waals surface area contributed by atoms with Crippen LogP contribution in [0.4, 0.5) is 4.39 Å². The average Bonchev–Trinajstić information content (AvgIpc) is 2.19. The van der Waals surface area contributed by atoms with Crippen molar-refractivity contribution < 1.29 is 9.18 Å². The van der Waals surface area contributed by atoms with Crippen LogP contribution in [0.5, 0.6) is 0 Å². The number of pyridine rings is 1. The molecular weight excluding hydrogens is 334 g/mol. The number of primary amides is 1. The predicted octanol–water partition coefficient (Wildman–Crippen LogP) is 2.31. The summed E-state index contributed by atoms with van der Waals surface area (Å²) in [4.78, 5) is 15.0. The largest absolute Gasteiger partial charge is 0.369 e. The molecule has 0 aliphatic carbocycles. The number of aromatic nitrogens is 1. The second-order valence-corrected chi connectivity index (χ2v) is 5.10. The average molecular weight is 344 g/mol. The Morgan fingerprint density at radius 2 is 2.18 bits per heavy atom. The summed E-state index contributed by atoms with van der Waals surface area (Å²) in [5.74, 6) is -0.844. The first-order chi connectivity index (χ1) is 7.97. The van der Waals surface area contributed by atoms with Gasteiger partial charge in [-0.3, -0.25) is 4.79 Å². The predicted molar refractivity (Wildman–Crippen MR) is 72.1 cm³/mol. The lowest BCUT2D eigenvalue weighted by atomic mass is 10.1. The zero-order valence-corrected chi connectivity index (χ0v) is 11.3. The SMILES string of the molecule is Cc1cc(CC(N)=O)nc2c(F)cc(I)cc12. The van der Waals surface area contributed by atoms with Crippen LogP contribution in [-0.4, -0.2) is 10.9 Å². The van der Waals surface area contributed by atoms with Crippen molar-refractivity contribution >= 4 is 39.4 Å². The lowest BCUT2D eigenvalue weighted by Crippen LogP contribution is -2.14. The molecule has 0 saturated carbocycles. The summed E-state index contributed by atoms with van der Waals surface area (Å²) in [7, 11) is 0. The Morgan fingerprint density at radius 1 is 1.47 bits per heavy atom. The molecule has 0 aliphatic heterocycles. The van der Waals surface area contributed by atoms with E-state index in [0.29, 0.717) is 11.2 Å². The number of fused-ring (bicyclic) bond motifs is 1. The van der Waals surface area contributed by atoms with E-state index in [1.165, 1.54) is 6.07 Å². The first-order valence-electron chi connectivity index (χ1n) is 5.01. The number of carbonyl (C=O) groups is 1. The Hall–Kier alpha value is -1.24. The summed E-state index contributed by atoms with van der Waals surface area (Å²) in [6, 6.07) is 5.06. The number of amides is 1. The van der Waals surface area contributed by atoms with Crippen LogP contribution in [0.2, 0.25) is 0 Å². The lowest BCUT2D eigenvalue weighted by Gasteiger charge is -2.06. The molecule has 0 unspecified atom stereocenters. The highest BCUT2D eigenvalue weighted by atomic mass is 127. The maximum absolute atomic E-state index is 13.8. The van der Waals surface area contributed by atoms with Crippen molar-refractivity contribution in [3.8, 4) is 0 Å². The van der Waals surface area contributed by atoms with Gasteiger partial charge in [-0.1, -0.05) is 0 Å². The molecule has 1 aromatic carbocycles. The maximum atomic E-state index is 13.8. The Bertz CT molecular complexity index is 613. The molecule has 2 N–H and O–H groups in total. The molecule has 2 rings (SSSR count). The van der Waals surface area contributed by atoms with E-state index in [1.807, 2.05) is 13.0 Å². The number of aryl methyl sites for hydroxylation is 1. The molecule has 17 heavy (non-hydrogen) atoms. The number of hydrogen-bond acceptors (Lipinski definition) is 2. The molecule has 0 atom stereocenters. The molecule has 5 heteroatoms. The number of halogens is 2. The summed E-state index contributed by atoms with van der Waals surface area (Å²) in [6.07, 6.45) is 0.0300. The van der Waals surface area contributed by atoms with Crippen molar-refractivity contribution in [1.82, 2.24) is 4.98 Å². The quantitative estimate of drug-likeness (QED) is 0.850. The Labute approximate surface area is 111 Å². The van der Waals surface area contributed by atoms with Gasteiger partial charge in [-0.25, -0.2) is 9.37 Å². The van der Waals surface area contributed by atoms with Crippen LogP contribution in [0.3, 0.4) is 0 Å². The summed E-state index contributed by atoms with van der Waals surface area (Å²) in [5, 5.41) is 0.766. The van der Waals surface area contributed by atoms with Gasteiger partial charge in [0.05, 0.1) is 12.1 Å². The summed E-state index contributed by atoms with van der Waals surface area (Å²) in [6.45, 7) is 1.87. The number of rotatable bonds is 2. The lowest BCUT2D eigenvalue weighted by molar-refractivity contribution is -0.117. The molecule has 0 radical (unpaired) electrons. The van der Waals surface area contributed by atoms with Gasteiger partial charge in [0.25, 0.3) is 0 Å². The zero-order valence-electron chi connectivity index (χ0n) is 9.13. The smallest absolute Gasteiger partial charge is 0.223 e. The third-order valence-corrected chi connectivity index (χ3v) is 3.07. The van der Waals surface area contributed by atoms with Crippen molar-refractivity contribution in [2.24, 2.45) is 5.73 Å². The van der Waals surface area contributed by atoms with E-state index < -0.39 is 5.91 Å². The van der Waals surface area contributed by atoms with Crippen LogP contribution in [0.1, 0.15) is 11.3 Å². The topological polar surface area (TPSA) is 56.0 Å². The van der Waals surface area contributed by atoms with Crippen LogP contribution < -0.4 is 5.73 Å². The second kappa shape index (κ2) is 4.56. The minimum Gasteiger partial charge on any atom is -0.369 e. The number of nitrogens with zero attached hydrogens (tertiary/aromatic N) is 1. The third-order valence-electron chi connectivity index (χ3n) is 2.45. The van der Waals surface area contributed by atoms with E-state index in [4.69, 9.17) is 5.73 Å². The van der Waals surface area contributed by atoms with Crippen LogP contribution in [0, 0.1) is 16.3 Å². The van der Waals surface area contributed by atoms with Gasteiger partial charge < -0.3 is 5.73 Å². The maximum Gasteiger partial charge on any atom is 0.223 e. The van der Waals surface area contributed by atoms with Crippen molar-refractivity contribution in [2.45, 2.75) is 13.3 Å². The van der Waals surface area contributed by atoms with E-state index in [9.17, 15) is 9.18 Å². The zero-order chi connectivity index (χ0) is 12.6. The van der Waals surface area contributed by atoms with E-state index in [2.05, 4.69) is 27.6 Å². The van der Waals surface area contributed by atoms with Gasteiger partial charge in [0.15, 0.2) is 0 Å². The molecule has 0 saturated heterocycles. The van der Waals surface area contributed by atoms with E-state index in [0.717, 1.165) is 14.5 Å². The highest BCUT2D eigenvalue weighted by Crippen LogP contribution is 2.23. The fraction of sp³-hybridized carbons (Fsp3) is 0.167. The molecule has 1 amide bonds. The monoisotopic (exact) mass is 344 g/mol. The Morgan fingerprint density at radius 3 is 2.82 bits per heavy atom. The summed E-state index contributed by atoms with van der Waals surface area (Å²) in [5.41, 5.74) is 6.79. The van der Waals surface area contributed by atoms with Crippen LogP contribution in [0.25, 0.3) is 10.9 Å². The van der Waals surface area contributed by atoms with Gasteiger partial charge in [-0.05, 0) is 53.3 Å². The molecule has 1 aromatic heterocycles. The molecule has 0 spiro atoms. The first kappa shape index (κ1) is 12.2. The van der Waals surface area contributed by atoms with E-state index in [1.54, 1.807) is 6.07 Å². The van der Waals surface area contributed by atoms with Gasteiger partial charge in [0, 0.05) is 8.96 Å². The highest BCUT2D eigenvalue weighted by Gasteiger charge is 2.10. The van der Waals surface area contributed by atoms with Crippen molar-refractivity contribution in [1.29, 1.82) is 0 Å². The van der Waals surface area contributed by atoms with E-state index in [-0.39, 0.29) is 12.2 Å². The van der Waals surface area contributed by atoms with Crippen LogP contribution in [-0.2, 0) is 11.2 Å². The van der Waals surface area contributed by atoms with Crippen molar-refractivity contribution in [2.75, 3.05) is 0 Å². The van der Waals surface area contributed by atoms with Gasteiger partial charge in [0.1, 0.15) is 11.3 Å². The number of benzene rings is 1. The first-order valence-corrected chi connectivity index (χ1v) is 6.09. The fourth-order valence-electron chi connectivity index (χ4n) is 1.75. The molecular formula is C12H10FIN2O. The van der Waals surface area contributed by atoms with Gasteiger partial charge in [-0.15, -0.1) is 0 Å². The number of carbonyl (C=O) groups excluding carboxylic acids is 1. The third kappa shape index (κ3) is 2.54. The Balaban J connectivity index is 2.68. The normalized spacial score (nSPS) is 10.8. The molecule has 0 aliphatic rings. The van der Waals surface area contributed by atoms with Crippen molar-refractivity contribution in [3.05, 3.63) is 38.8 Å². The van der Waals surface area contributed by atoms with E-state index >= 15 is 0 Å². The minimum absolute atomic E-state index is 0.0300. The highest BCUT2D eigenvalue weighted by molar-refractivity contribution is 14.1. The summed E-state index contributed by atoms with van der Waals surface area (Å²) >= 11 is 2.06. The molecule has 2 aromatic rings. The fourth-order valence-corrected chi connectivity index (χ4v) is 2.34. The van der Waals surface area contributed by atoms with Crippen molar-refractivity contribution in [3.63, 3.8) is 0 Å². The molecule has 0 bridgehead atoms. The number of nitrogens with two attached hydrogens (primary N) is 1. The summed E-state index contributed by atoms with van der Waals surface area (Å²) < 4.78 is 14.6. The second-order valence-electron chi connectivity index (χ2n) is 3.86. The van der Waals surface area contributed by atoms with Gasteiger partial charge in [0.2, 0.25) is 5.91 Å². The molecule has 1 heterocycles. The molecule has 88 valence electrons. The standard InChI is InChI=1S/C12H10FIN2O/c1-6-2-8(5-11(15)17)16-12-9(6)3-7(14)4-10(12)13/h2-4H,5H2,1H3,(H2,15,17). The Kier molecular flexibility index (Phi) is 3.28. The number of hydrogen-bond donors (Lipinski definition) is 1. The van der Waals surface area contributed by atoms with Gasteiger partial charge >= 0.3 is 0 Å².